The van der Waals surface area contributed by atoms with Crippen LogP contribution in [0, 0.1) is 13.8 Å². The number of hydrogen-bond acceptors (Lipinski definition) is 3. The number of Topliss-reactive ketones (excluding diaryl/α,β-unsaturated/α-hetero) is 1. The average Bonchev–Trinajstić information content (AvgIpc) is 2.86. The Labute approximate surface area is 138 Å². The van der Waals surface area contributed by atoms with E-state index in [0.717, 1.165) is 42.6 Å². The molecule has 2 aliphatic heterocycles. The monoisotopic (exact) mass is 314 g/mol. The number of nitrogens with one attached hydrogen (secondary N) is 1. The van der Waals surface area contributed by atoms with Crippen molar-refractivity contribution < 1.29 is 9.59 Å². The second-order valence-electron chi connectivity index (χ2n) is 7.01. The molecular weight excluding hydrogens is 288 g/mol. The minimum atomic E-state index is 0.0778. The van der Waals surface area contributed by atoms with E-state index in [4.69, 9.17) is 0 Å². The van der Waals surface area contributed by atoms with Crippen LogP contribution in [-0.2, 0) is 4.79 Å². The van der Waals surface area contributed by atoms with Crippen molar-refractivity contribution in [3.63, 3.8) is 0 Å². The molecule has 1 aromatic carbocycles. The van der Waals surface area contributed by atoms with Crippen LogP contribution in [-0.4, -0.2) is 41.8 Å². The van der Waals surface area contributed by atoms with Crippen LogP contribution in [0.2, 0.25) is 0 Å². The fourth-order valence-electron chi connectivity index (χ4n) is 3.72. The molecule has 4 nitrogen and oxygen atoms in total. The number of ketones is 1. The summed E-state index contributed by atoms with van der Waals surface area (Å²) in [4.78, 5) is 26.8. The Balaban J connectivity index is 1.56. The van der Waals surface area contributed by atoms with Gasteiger partial charge in [-0.25, -0.2) is 0 Å². The molecule has 1 aromatic rings. The Morgan fingerprint density at radius 1 is 1.13 bits per heavy atom. The Morgan fingerprint density at radius 2 is 1.91 bits per heavy atom. The molecule has 4 heteroatoms. The van der Waals surface area contributed by atoms with E-state index in [0.29, 0.717) is 24.9 Å². The number of rotatable bonds is 4. The molecule has 2 aliphatic rings. The van der Waals surface area contributed by atoms with Gasteiger partial charge in [0.25, 0.3) is 0 Å². The molecule has 0 aliphatic carbocycles. The summed E-state index contributed by atoms with van der Waals surface area (Å²) in [5.74, 6) is 0.201. The summed E-state index contributed by atoms with van der Waals surface area (Å²) in [6, 6.07) is 6.94. The van der Waals surface area contributed by atoms with E-state index in [9.17, 15) is 9.59 Å². The third-order valence-electron chi connectivity index (χ3n) is 5.14. The molecule has 2 saturated heterocycles. The molecule has 1 N–H and O–H groups in total. The van der Waals surface area contributed by atoms with E-state index in [1.807, 2.05) is 36.9 Å². The summed E-state index contributed by atoms with van der Waals surface area (Å²) in [5.41, 5.74) is 2.83. The third kappa shape index (κ3) is 3.81. The molecular formula is C19H26N2O2. The summed E-state index contributed by atoms with van der Waals surface area (Å²) in [5, 5.41) is 3.58. The van der Waals surface area contributed by atoms with Crippen LogP contribution >= 0.6 is 0 Å². The van der Waals surface area contributed by atoms with Crippen molar-refractivity contribution in [2.45, 2.75) is 58.0 Å². The van der Waals surface area contributed by atoms with Crippen molar-refractivity contribution in [3.05, 3.63) is 34.9 Å². The fraction of sp³-hybridized carbons (Fsp3) is 0.579. The highest BCUT2D eigenvalue weighted by Gasteiger charge is 2.31. The molecule has 2 bridgehead atoms. The van der Waals surface area contributed by atoms with Gasteiger partial charge in [0.1, 0.15) is 0 Å². The summed E-state index contributed by atoms with van der Waals surface area (Å²) in [6.45, 7) is 5.56. The molecule has 1 amide bonds. The number of likely N-dealkylation sites (tertiary alicyclic amines) is 1. The Bertz CT molecular complexity index is 611. The Kier molecular flexibility index (Phi) is 4.81. The van der Waals surface area contributed by atoms with Crippen LogP contribution in [0.3, 0.4) is 0 Å². The summed E-state index contributed by atoms with van der Waals surface area (Å²) >= 11 is 0. The highest BCUT2D eigenvalue weighted by atomic mass is 16.2. The SMILES string of the molecule is Cc1ccc(C)c(C(=O)CCC(=O)N2CCC3CCC(C2)N3)c1. The van der Waals surface area contributed by atoms with Crippen molar-refractivity contribution in [3.8, 4) is 0 Å². The van der Waals surface area contributed by atoms with Gasteiger partial charge in [0.2, 0.25) is 5.91 Å². The number of nitrogens with zero attached hydrogens (tertiary/aromatic N) is 1. The van der Waals surface area contributed by atoms with Gasteiger partial charge in [-0.3, -0.25) is 9.59 Å². The van der Waals surface area contributed by atoms with Gasteiger partial charge in [-0.1, -0.05) is 17.7 Å². The molecule has 124 valence electrons. The zero-order valence-electron chi connectivity index (χ0n) is 14.1. The normalized spacial score (nSPS) is 23.7. The first-order valence-electron chi connectivity index (χ1n) is 8.67. The lowest BCUT2D eigenvalue weighted by atomic mass is 9.99. The van der Waals surface area contributed by atoms with Crippen molar-refractivity contribution in [2.24, 2.45) is 0 Å². The zero-order valence-corrected chi connectivity index (χ0v) is 14.1. The number of carbonyl (C=O) groups is 2. The highest BCUT2D eigenvalue weighted by molar-refractivity contribution is 5.99. The van der Waals surface area contributed by atoms with Gasteiger partial charge in [-0.15, -0.1) is 0 Å². The number of aryl methyl sites for hydroxylation is 2. The number of carbonyl (C=O) groups excluding carboxylic acids is 2. The second kappa shape index (κ2) is 6.83. The van der Waals surface area contributed by atoms with E-state index in [1.165, 1.54) is 6.42 Å². The average molecular weight is 314 g/mol. The lowest BCUT2D eigenvalue weighted by Crippen LogP contribution is -2.39. The van der Waals surface area contributed by atoms with Crippen LogP contribution in [0.25, 0.3) is 0 Å². The Hall–Kier alpha value is -1.68. The maximum absolute atomic E-state index is 12.5. The third-order valence-corrected chi connectivity index (χ3v) is 5.14. The van der Waals surface area contributed by atoms with E-state index >= 15 is 0 Å². The number of benzene rings is 1. The second-order valence-corrected chi connectivity index (χ2v) is 7.01. The lowest BCUT2D eigenvalue weighted by Gasteiger charge is -2.24. The van der Waals surface area contributed by atoms with Crippen LogP contribution in [0.5, 0.6) is 0 Å². The molecule has 2 atom stereocenters. The summed E-state index contributed by atoms with van der Waals surface area (Å²) < 4.78 is 0. The minimum absolute atomic E-state index is 0.0778. The maximum Gasteiger partial charge on any atom is 0.223 e. The van der Waals surface area contributed by atoms with Crippen molar-refractivity contribution >= 4 is 11.7 Å². The molecule has 0 saturated carbocycles. The fourth-order valence-corrected chi connectivity index (χ4v) is 3.72. The van der Waals surface area contributed by atoms with Gasteiger partial charge in [0, 0.05) is 43.6 Å². The van der Waals surface area contributed by atoms with Crippen LogP contribution in [0.4, 0.5) is 0 Å². The molecule has 2 fully saturated rings. The molecule has 0 radical (unpaired) electrons. The van der Waals surface area contributed by atoms with Crippen molar-refractivity contribution in [2.75, 3.05) is 13.1 Å². The topological polar surface area (TPSA) is 49.4 Å². The smallest absolute Gasteiger partial charge is 0.223 e. The minimum Gasteiger partial charge on any atom is -0.341 e. The molecule has 0 aromatic heterocycles. The van der Waals surface area contributed by atoms with Gasteiger partial charge in [0.15, 0.2) is 5.78 Å². The zero-order chi connectivity index (χ0) is 16.4. The predicted octanol–water partition coefficient (Wildman–Crippen LogP) is 2.62. The first kappa shape index (κ1) is 16.2. The van der Waals surface area contributed by atoms with E-state index in [-0.39, 0.29) is 11.7 Å². The number of hydrogen-bond donors (Lipinski definition) is 1. The van der Waals surface area contributed by atoms with Gasteiger partial charge < -0.3 is 10.2 Å². The van der Waals surface area contributed by atoms with Gasteiger partial charge in [0.05, 0.1) is 0 Å². The predicted molar refractivity (Wildman–Crippen MR) is 90.6 cm³/mol. The van der Waals surface area contributed by atoms with Crippen molar-refractivity contribution in [1.29, 1.82) is 0 Å². The molecule has 3 rings (SSSR count). The first-order valence-corrected chi connectivity index (χ1v) is 8.67. The summed E-state index contributed by atoms with van der Waals surface area (Å²) in [7, 11) is 0. The van der Waals surface area contributed by atoms with E-state index in [1.54, 1.807) is 0 Å². The van der Waals surface area contributed by atoms with Gasteiger partial charge in [-0.2, -0.15) is 0 Å². The summed E-state index contributed by atoms with van der Waals surface area (Å²) in [6.07, 6.45) is 4.06. The van der Waals surface area contributed by atoms with Crippen LogP contribution < -0.4 is 5.32 Å². The van der Waals surface area contributed by atoms with E-state index < -0.39 is 0 Å². The van der Waals surface area contributed by atoms with Crippen molar-refractivity contribution in [1.82, 2.24) is 10.2 Å². The molecule has 2 unspecified atom stereocenters. The van der Waals surface area contributed by atoms with Gasteiger partial charge in [-0.05, 0) is 44.7 Å². The van der Waals surface area contributed by atoms with E-state index in [2.05, 4.69) is 5.32 Å². The van der Waals surface area contributed by atoms with Gasteiger partial charge >= 0.3 is 0 Å². The molecule has 2 heterocycles. The Morgan fingerprint density at radius 3 is 2.74 bits per heavy atom. The molecule has 0 spiro atoms. The van der Waals surface area contributed by atoms with Crippen LogP contribution in [0.15, 0.2) is 18.2 Å². The lowest BCUT2D eigenvalue weighted by molar-refractivity contribution is -0.131. The number of fused-ring (bicyclic) bond motifs is 2. The maximum atomic E-state index is 12.5. The largest absolute Gasteiger partial charge is 0.341 e. The molecule has 23 heavy (non-hydrogen) atoms. The van der Waals surface area contributed by atoms with Crippen LogP contribution in [0.1, 0.15) is 53.6 Å². The number of amides is 1. The quantitative estimate of drug-likeness (QED) is 0.869. The first-order chi connectivity index (χ1) is 11.0. The standard InChI is InChI=1S/C19H26N2O2/c1-13-3-4-14(2)17(11-13)18(22)7-8-19(23)21-10-9-15-5-6-16(12-21)20-15/h3-4,11,15-16,20H,5-10,12H2,1-2H3. The highest BCUT2D eigenvalue weighted by Crippen LogP contribution is 2.21.